The van der Waals surface area contributed by atoms with E-state index in [4.69, 9.17) is 5.73 Å². The summed E-state index contributed by atoms with van der Waals surface area (Å²) in [7, 11) is 0. The molecule has 3 nitrogen and oxygen atoms in total. The Balaban J connectivity index is 2.32. The molecule has 88 valence electrons. The topological polar surface area (TPSA) is 51.8 Å². The summed E-state index contributed by atoms with van der Waals surface area (Å²) in [4.78, 5) is 9.77. The highest BCUT2D eigenvalue weighted by Gasteiger charge is 2.07. The summed E-state index contributed by atoms with van der Waals surface area (Å²) in [6, 6.07) is 6.15. The van der Waals surface area contributed by atoms with E-state index in [1.54, 1.807) is 11.8 Å². The molecular weight excluding hydrogens is 230 g/mol. The van der Waals surface area contributed by atoms with Gasteiger partial charge in [-0.3, -0.25) is 0 Å². The number of nitrogens with zero attached hydrogens (tertiary/aromatic N) is 2. The lowest BCUT2D eigenvalue weighted by atomic mass is 10.1. The summed E-state index contributed by atoms with van der Waals surface area (Å²) < 4.78 is 0. The van der Waals surface area contributed by atoms with Crippen molar-refractivity contribution in [1.82, 2.24) is 9.97 Å². The molecule has 0 fully saturated rings. The molecule has 0 aliphatic carbocycles. The highest BCUT2D eigenvalue weighted by atomic mass is 32.2. The summed E-state index contributed by atoms with van der Waals surface area (Å²) >= 11 is 1.57. The Morgan fingerprint density at radius 3 is 2.53 bits per heavy atom. The average molecular weight is 245 g/mol. The quantitative estimate of drug-likeness (QED) is 0.845. The van der Waals surface area contributed by atoms with Crippen molar-refractivity contribution in [3.8, 4) is 0 Å². The highest BCUT2D eigenvalue weighted by molar-refractivity contribution is 7.99. The van der Waals surface area contributed by atoms with Gasteiger partial charge in [-0.05, 0) is 42.3 Å². The maximum atomic E-state index is 5.74. The molecular formula is C13H15N3S. The first-order valence-corrected chi connectivity index (χ1v) is 6.27. The van der Waals surface area contributed by atoms with Crippen molar-refractivity contribution in [3.63, 3.8) is 0 Å². The molecule has 0 aliphatic heterocycles. The van der Waals surface area contributed by atoms with Crippen LogP contribution in [0.25, 0.3) is 0 Å². The molecule has 0 aliphatic rings. The Morgan fingerprint density at radius 1 is 1.18 bits per heavy atom. The molecule has 0 saturated carbocycles. The smallest absolute Gasteiger partial charge is 0.192 e. The number of hydrogen-bond acceptors (Lipinski definition) is 4. The minimum atomic E-state index is 0.538. The molecule has 0 unspecified atom stereocenters. The zero-order valence-electron chi connectivity index (χ0n) is 9.97. The van der Waals surface area contributed by atoms with E-state index in [9.17, 15) is 0 Å². The molecule has 1 aromatic heterocycles. The van der Waals surface area contributed by atoms with Gasteiger partial charge in [0.15, 0.2) is 5.16 Å². The minimum Gasteiger partial charge on any atom is -0.326 e. The molecule has 0 bridgehead atoms. The first-order valence-electron chi connectivity index (χ1n) is 5.46. The summed E-state index contributed by atoms with van der Waals surface area (Å²) in [5.74, 6) is 0. The number of rotatable bonds is 3. The molecule has 2 aromatic rings. The lowest BCUT2D eigenvalue weighted by Crippen LogP contribution is -2.00. The third-order valence-corrected chi connectivity index (χ3v) is 3.65. The molecule has 2 rings (SSSR count). The van der Waals surface area contributed by atoms with Gasteiger partial charge in [0.1, 0.15) is 0 Å². The molecule has 0 saturated heterocycles. The van der Waals surface area contributed by atoms with Crippen molar-refractivity contribution >= 4 is 11.8 Å². The SMILES string of the molecule is Cc1cnc(Sc2c(C)cccc2CN)nc1. The normalized spacial score (nSPS) is 10.5. The molecule has 4 heteroatoms. The van der Waals surface area contributed by atoms with Crippen molar-refractivity contribution in [2.45, 2.75) is 30.4 Å². The zero-order chi connectivity index (χ0) is 12.3. The van der Waals surface area contributed by atoms with Crippen LogP contribution in [0.3, 0.4) is 0 Å². The van der Waals surface area contributed by atoms with Gasteiger partial charge >= 0.3 is 0 Å². The van der Waals surface area contributed by atoms with Crippen LogP contribution in [0.5, 0.6) is 0 Å². The van der Waals surface area contributed by atoms with Crippen LogP contribution < -0.4 is 5.73 Å². The molecule has 0 atom stereocenters. The molecule has 1 aromatic carbocycles. The van der Waals surface area contributed by atoms with E-state index in [1.807, 2.05) is 31.5 Å². The van der Waals surface area contributed by atoms with E-state index in [1.165, 1.54) is 10.5 Å². The van der Waals surface area contributed by atoms with E-state index in [2.05, 4.69) is 23.0 Å². The molecule has 0 radical (unpaired) electrons. The van der Waals surface area contributed by atoms with Gasteiger partial charge in [-0.2, -0.15) is 0 Å². The second-order valence-electron chi connectivity index (χ2n) is 3.91. The van der Waals surface area contributed by atoms with Gasteiger partial charge in [-0.1, -0.05) is 18.2 Å². The molecule has 1 heterocycles. The fourth-order valence-corrected chi connectivity index (χ4v) is 2.45. The van der Waals surface area contributed by atoms with Gasteiger partial charge in [-0.25, -0.2) is 9.97 Å². The van der Waals surface area contributed by atoms with Crippen LogP contribution in [-0.4, -0.2) is 9.97 Å². The Hall–Kier alpha value is -1.39. The van der Waals surface area contributed by atoms with Crippen molar-refractivity contribution < 1.29 is 0 Å². The van der Waals surface area contributed by atoms with Gasteiger partial charge in [0.2, 0.25) is 0 Å². The monoisotopic (exact) mass is 245 g/mol. The first-order chi connectivity index (χ1) is 8.20. The summed E-state index contributed by atoms with van der Waals surface area (Å²) in [5, 5.41) is 0.764. The Morgan fingerprint density at radius 2 is 1.88 bits per heavy atom. The zero-order valence-corrected chi connectivity index (χ0v) is 10.8. The third kappa shape index (κ3) is 2.84. The number of hydrogen-bond donors (Lipinski definition) is 1. The number of nitrogens with two attached hydrogens (primary N) is 1. The lowest BCUT2D eigenvalue weighted by Gasteiger charge is -2.09. The summed E-state index contributed by atoms with van der Waals surface area (Å²) in [6.45, 7) is 4.60. The van der Waals surface area contributed by atoms with Crippen molar-refractivity contribution in [1.29, 1.82) is 0 Å². The van der Waals surface area contributed by atoms with Gasteiger partial charge < -0.3 is 5.73 Å². The Kier molecular flexibility index (Phi) is 3.76. The van der Waals surface area contributed by atoms with Crippen LogP contribution in [0.15, 0.2) is 40.6 Å². The maximum Gasteiger partial charge on any atom is 0.192 e. The Labute approximate surface area is 105 Å². The van der Waals surface area contributed by atoms with E-state index in [0.29, 0.717) is 6.54 Å². The maximum absolute atomic E-state index is 5.74. The van der Waals surface area contributed by atoms with Crippen LogP contribution in [0, 0.1) is 13.8 Å². The van der Waals surface area contributed by atoms with Crippen molar-refractivity contribution in [3.05, 3.63) is 47.3 Å². The number of benzene rings is 1. The van der Waals surface area contributed by atoms with Crippen LogP contribution >= 0.6 is 11.8 Å². The van der Waals surface area contributed by atoms with E-state index in [-0.39, 0.29) is 0 Å². The average Bonchev–Trinajstić information content (AvgIpc) is 2.34. The fourth-order valence-electron chi connectivity index (χ4n) is 1.54. The van der Waals surface area contributed by atoms with E-state index in [0.717, 1.165) is 16.3 Å². The number of aryl methyl sites for hydroxylation is 2. The summed E-state index contributed by atoms with van der Waals surface area (Å²) in [6.07, 6.45) is 3.66. The molecule has 17 heavy (non-hydrogen) atoms. The van der Waals surface area contributed by atoms with Crippen molar-refractivity contribution in [2.24, 2.45) is 5.73 Å². The molecule has 2 N–H and O–H groups in total. The van der Waals surface area contributed by atoms with Crippen molar-refractivity contribution in [2.75, 3.05) is 0 Å². The van der Waals surface area contributed by atoms with Gasteiger partial charge in [0.05, 0.1) is 0 Å². The molecule has 0 amide bonds. The highest BCUT2D eigenvalue weighted by Crippen LogP contribution is 2.30. The Bertz CT molecular complexity index is 509. The predicted molar refractivity (Wildman–Crippen MR) is 70.0 cm³/mol. The standard InChI is InChI=1S/C13H15N3S/c1-9-7-15-13(16-8-9)17-12-10(2)4-3-5-11(12)6-14/h3-5,7-8H,6,14H2,1-2H3. The number of aromatic nitrogens is 2. The largest absolute Gasteiger partial charge is 0.326 e. The fraction of sp³-hybridized carbons (Fsp3) is 0.231. The predicted octanol–water partition coefficient (Wildman–Crippen LogP) is 2.70. The van der Waals surface area contributed by atoms with Gasteiger partial charge in [0.25, 0.3) is 0 Å². The van der Waals surface area contributed by atoms with E-state index >= 15 is 0 Å². The second kappa shape index (κ2) is 5.29. The first kappa shape index (κ1) is 12.1. The van der Waals surface area contributed by atoms with Crippen LogP contribution in [-0.2, 0) is 6.54 Å². The lowest BCUT2D eigenvalue weighted by molar-refractivity contribution is 0.942. The third-order valence-electron chi connectivity index (χ3n) is 2.46. The second-order valence-corrected chi connectivity index (χ2v) is 4.89. The van der Waals surface area contributed by atoms with Crippen LogP contribution in [0.2, 0.25) is 0 Å². The van der Waals surface area contributed by atoms with Crippen LogP contribution in [0.4, 0.5) is 0 Å². The van der Waals surface area contributed by atoms with E-state index < -0.39 is 0 Å². The van der Waals surface area contributed by atoms with Gasteiger partial charge in [-0.15, -0.1) is 0 Å². The minimum absolute atomic E-state index is 0.538. The van der Waals surface area contributed by atoms with Gasteiger partial charge in [0, 0.05) is 23.8 Å². The summed E-state index contributed by atoms with van der Waals surface area (Å²) in [5.41, 5.74) is 9.16. The molecule has 0 spiro atoms. The van der Waals surface area contributed by atoms with Crippen LogP contribution in [0.1, 0.15) is 16.7 Å².